The number of ether oxygens (including phenoxy) is 3. The van der Waals surface area contributed by atoms with Crippen LogP contribution in [0.15, 0.2) is 54.6 Å². The molecule has 0 aromatic heterocycles. The molecule has 5 heterocycles. The summed E-state index contributed by atoms with van der Waals surface area (Å²) >= 11 is 0. The van der Waals surface area contributed by atoms with Crippen molar-refractivity contribution in [1.82, 2.24) is 4.90 Å². The topological polar surface area (TPSA) is 86.7 Å². The highest BCUT2D eigenvalue weighted by Gasteiger charge is 2.69. The molecule has 234 valence electrons. The number of nitrogens with zero attached hydrogens (tertiary/aromatic N) is 1. The molecular weight excluding hydrogens is 558 g/mol. The summed E-state index contributed by atoms with van der Waals surface area (Å²) in [5, 5.41) is 10.0. The van der Waals surface area contributed by atoms with Gasteiger partial charge < -0.3 is 19.3 Å². The highest BCUT2D eigenvalue weighted by atomic mass is 17.3. The molecule has 8 nitrogen and oxygen atoms in total. The molecule has 5 saturated heterocycles. The van der Waals surface area contributed by atoms with Gasteiger partial charge in [0.05, 0.1) is 18.2 Å². The van der Waals surface area contributed by atoms with Gasteiger partial charge in [-0.15, -0.1) is 0 Å². The molecular formula is C36H43NO7. The standard InChI is InChI=1S/C36H43NO7/c1-23-11-17-30-24(2)33(41-34-36(30)29(23)19-20-35(3,42-34)43-44-36)40-32(39)27-15-13-26(14-16-27)31(37-21-7-10-28(37)22-38)18-12-25-8-5-4-6-9-25/h4-6,8-9,13-16,23-24,28-31,33-34,38H,7,10-11,17,19-22H2,1-3H3/t23-,24-,28+,29+,30+,31-,33-,34-,35-,36-/m1/s1. The lowest BCUT2D eigenvalue weighted by atomic mass is 9.58. The molecule has 8 heteroatoms. The first kappa shape index (κ1) is 29.9. The van der Waals surface area contributed by atoms with E-state index in [0.29, 0.717) is 11.5 Å². The molecule has 5 aliphatic heterocycles. The van der Waals surface area contributed by atoms with Gasteiger partial charge in [0.2, 0.25) is 12.1 Å². The summed E-state index contributed by atoms with van der Waals surface area (Å²) in [7, 11) is 0. The quantitative estimate of drug-likeness (QED) is 0.269. The van der Waals surface area contributed by atoms with E-state index in [0.717, 1.165) is 56.2 Å². The Morgan fingerprint density at radius 1 is 1.05 bits per heavy atom. The number of aliphatic hydroxyl groups is 1. The predicted molar refractivity (Wildman–Crippen MR) is 162 cm³/mol. The van der Waals surface area contributed by atoms with Gasteiger partial charge in [-0.3, -0.25) is 4.90 Å². The normalized spacial score (nSPS) is 38.6. The van der Waals surface area contributed by atoms with Gasteiger partial charge in [-0.25, -0.2) is 14.6 Å². The second-order valence-electron chi connectivity index (χ2n) is 13.6. The van der Waals surface area contributed by atoms with Gasteiger partial charge in [0.1, 0.15) is 0 Å². The van der Waals surface area contributed by atoms with Crippen LogP contribution >= 0.6 is 0 Å². The number of esters is 1. The number of fused-ring (bicyclic) bond motifs is 2. The number of rotatable bonds is 5. The van der Waals surface area contributed by atoms with Crippen molar-refractivity contribution in [3.05, 3.63) is 71.3 Å². The maximum atomic E-state index is 13.5. The Morgan fingerprint density at radius 2 is 1.84 bits per heavy atom. The Labute approximate surface area is 259 Å². The summed E-state index contributed by atoms with van der Waals surface area (Å²) in [5.74, 6) is 6.13. The van der Waals surface area contributed by atoms with Crippen molar-refractivity contribution in [2.24, 2.45) is 23.7 Å². The number of carbonyl (C=O) groups is 1. The summed E-state index contributed by atoms with van der Waals surface area (Å²) in [6.45, 7) is 7.21. The van der Waals surface area contributed by atoms with Gasteiger partial charge >= 0.3 is 5.97 Å². The summed E-state index contributed by atoms with van der Waals surface area (Å²) < 4.78 is 18.9. The van der Waals surface area contributed by atoms with Gasteiger partial charge in [-0.2, -0.15) is 0 Å². The Hall–Kier alpha value is -2.77. The number of benzene rings is 2. The predicted octanol–water partition coefficient (Wildman–Crippen LogP) is 5.60. The average molecular weight is 602 g/mol. The van der Waals surface area contributed by atoms with E-state index in [1.807, 2.05) is 49.4 Å². The van der Waals surface area contributed by atoms with Crippen LogP contribution < -0.4 is 0 Å². The average Bonchev–Trinajstić information content (AvgIpc) is 3.39. The zero-order chi connectivity index (χ0) is 30.5. The number of hydrogen-bond acceptors (Lipinski definition) is 8. The Morgan fingerprint density at radius 3 is 2.61 bits per heavy atom. The molecule has 1 N–H and O–H groups in total. The zero-order valence-electron chi connectivity index (χ0n) is 25.8. The van der Waals surface area contributed by atoms with Crippen molar-refractivity contribution in [2.75, 3.05) is 13.2 Å². The lowest BCUT2D eigenvalue weighted by Gasteiger charge is -2.59. The summed E-state index contributed by atoms with van der Waals surface area (Å²) in [6.07, 6.45) is 4.22. The van der Waals surface area contributed by atoms with Crippen molar-refractivity contribution >= 4 is 5.97 Å². The van der Waals surface area contributed by atoms with E-state index in [9.17, 15) is 9.90 Å². The molecule has 8 rings (SSSR count). The molecule has 1 spiro atoms. The molecule has 1 aliphatic carbocycles. The molecule has 0 unspecified atom stereocenters. The van der Waals surface area contributed by atoms with E-state index in [4.69, 9.17) is 24.0 Å². The van der Waals surface area contributed by atoms with E-state index < -0.39 is 29.9 Å². The van der Waals surface area contributed by atoms with E-state index in [1.165, 1.54) is 0 Å². The molecule has 6 aliphatic rings. The first-order valence-corrected chi connectivity index (χ1v) is 16.3. The highest BCUT2D eigenvalue weighted by Crippen LogP contribution is 2.60. The first-order valence-electron chi connectivity index (χ1n) is 16.3. The van der Waals surface area contributed by atoms with E-state index in [-0.39, 0.29) is 36.4 Å². The van der Waals surface area contributed by atoms with Crippen molar-refractivity contribution in [3.8, 4) is 11.8 Å². The van der Waals surface area contributed by atoms with Crippen LogP contribution in [0.25, 0.3) is 0 Å². The third-order valence-corrected chi connectivity index (χ3v) is 10.9. The van der Waals surface area contributed by atoms with Crippen LogP contribution in [0.4, 0.5) is 0 Å². The van der Waals surface area contributed by atoms with Gasteiger partial charge in [-0.05, 0) is 80.7 Å². The molecule has 2 bridgehead atoms. The molecule has 2 aromatic rings. The molecule has 44 heavy (non-hydrogen) atoms. The second-order valence-corrected chi connectivity index (χ2v) is 13.6. The molecule has 1 saturated carbocycles. The van der Waals surface area contributed by atoms with Crippen LogP contribution in [0.1, 0.15) is 86.8 Å². The molecule has 0 radical (unpaired) electrons. The lowest BCUT2D eigenvalue weighted by molar-refractivity contribution is -0.576. The van der Waals surface area contributed by atoms with Crippen LogP contribution in [0, 0.1) is 35.5 Å². The minimum Gasteiger partial charge on any atom is -0.432 e. The van der Waals surface area contributed by atoms with E-state index >= 15 is 0 Å². The van der Waals surface area contributed by atoms with Crippen LogP contribution in [-0.2, 0) is 24.0 Å². The largest absolute Gasteiger partial charge is 0.432 e. The minimum atomic E-state index is -0.882. The summed E-state index contributed by atoms with van der Waals surface area (Å²) in [5.41, 5.74) is 1.67. The monoisotopic (exact) mass is 601 g/mol. The van der Waals surface area contributed by atoms with Gasteiger partial charge in [0.15, 0.2) is 11.9 Å². The first-order chi connectivity index (χ1) is 21.3. The van der Waals surface area contributed by atoms with Gasteiger partial charge in [-0.1, -0.05) is 56.0 Å². The van der Waals surface area contributed by atoms with Gasteiger partial charge in [0.25, 0.3) is 0 Å². The fourth-order valence-corrected chi connectivity index (χ4v) is 8.41. The van der Waals surface area contributed by atoms with Crippen molar-refractivity contribution < 1.29 is 33.9 Å². The summed E-state index contributed by atoms with van der Waals surface area (Å²) in [6, 6.07) is 17.3. The molecule has 0 amide bonds. The summed E-state index contributed by atoms with van der Waals surface area (Å²) in [4.78, 5) is 27.9. The Kier molecular flexibility index (Phi) is 8.07. The van der Waals surface area contributed by atoms with Crippen molar-refractivity contribution in [2.45, 2.75) is 95.3 Å². The maximum Gasteiger partial charge on any atom is 0.340 e. The zero-order valence-corrected chi connectivity index (χ0v) is 25.8. The second kappa shape index (κ2) is 11.9. The number of likely N-dealkylation sites (tertiary alicyclic amines) is 1. The van der Waals surface area contributed by atoms with Crippen molar-refractivity contribution in [1.29, 1.82) is 0 Å². The van der Waals surface area contributed by atoms with Crippen molar-refractivity contribution in [3.63, 3.8) is 0 Å². The van der Waals surface area contributed by atoms with Crippen LogP contribution in [0.3, 0.4) is 0 Å². The molecule has 6 fully saturated rings. The van der Waals surface area contributed by atoms with Crippen LogP contribution in [0.5, 0.6) is 0 Å². The molecule has 10 atom stereocenters. The third-order valence-electron chi connectivity index (χ3n) is 10.9. The minimum absolute atomic E-state index is 0.0587. The third kappa shape index (κ3) is 5.18. The fourth-order valence-electron chi connectivity index (χ4n) is 8.41. The Balaban J connectivity index is 1.10. The number of aliphatic hydroxyl groups excluding tert-OH is 1. The number of hydrogen-bond donors (Lipinski definition) is 1. The van der Waals surface area contributed by atoms with Gasteiger partial charge in [0, 0.05) is 36.4 Å². The fraction of sp³-hybridized carbons (Fsp3) is 0.583. The number of carbonyl (C=O) groups excluding carboxylic acids is 1. The van der Waals surface area contributed by atoms with Crippen LogP contribution in [-0.4, -0.2) is 59.1 Å². The SMILES string of the molecule is C[C@H]1[C@H](OC(=O)c2ccc([C@@H](C#Cc3ccccc3)N3CCC[C@H]3CO)cc2)O[C@@H]2O[C@@]3(C)CC[C@H]4[C@H](C)CC[C@@H]1[C@@]24OO3. The molecule has 2 aromatic carbocycles. The Bertz CT molecular complexity index is 1410. The van der Waals surface area contributed by atoms with Crippen LogP contribution in [0.2, 0.25) is 0 Å². The smallest absolute Gasteiger partial charge is 0.340 e. The lowest BCUT2D eigenvalue weighted by Crippen LogP contribution is -2.70. The van der Waals surface area contributed by atoms with E-state index in [1.54, 1.807) is 12.1 Å². The maximum absolute atomic E-state index is 13.5. The highest BCUT2D eigenvalue weighted by molar-refractivity contribution is 5.89. The van der Waals surface area contributed by atoms with E-state index in [2.05, 4.69) is 30.6 Å².